The van der Waals surface area contributed by atoms with Crippen molar-refractivity contribution >= 4 is 29.7 Å². The van der Waals surface area contributed by atoms with E-state index >= 15 is 0 Å². The minimum Gasteiger partial charge on any atom is -0.493 e. The van der Waals surface area contributed by atoms with Crippen LogP contribution in [0.25, 0.3) is 0 Å². The zero-order valence-corrected chi connectivity index (χ0v) is 16.0. The number of methoxy groups -OCH3 is 1. The highest BCUT2D eigenvalue weighted by Crippen LogP contribution is 2.29. The Kier molecular flexibility index (Phi) is 6.49. The lowest BCUT2D eigenvalue weighted by molar-refractivity contribution is 0.0729. The van der Waals surface area contributed by atoms with E-state index in [4.69, 9.17) is 21.1 Å². The van der Waals surface area contributed by atoms with E-state index in [1.807, 2.05) is 0 Å². The first-order valence-corrected chi connectivity index (χ1v) is 8.70. The second-order valence-corrected chi connectivity index (χ2v) is 5.98. The average molecular weight is 411 g/mol. The molecule has 1 amide bonds. The van der Waals surface area contributed by atoms with E-state index in [2.05, 4.69) is 20.5 Å². The fourth-order valence-electron chi connectivity index (χ4n) is 2.27. The van der Waals surface area contributed by atoms with Gasteiger partial charge in [-0.3, -0.25) is 9.78 Å². The monoisotopic (exact) mass is 410 g/mol. The van der Waals surface area contributed by atoms with Gasteiger partial charge in [0, 0.05) is 12.4 Å². The van der Waals surface area contributed by atoms with Crippen LogP contribution in [0.1, 0.15) is 26.4 Å². The molecule has 146 valence electrons. The van der Waals surface area contributed by atoms with E-state index in [-0.39, 0.29) is 17.0 Å². The summed E-state index contributed by atoms with van der Waals surface area (Å²) < 4.78 is 10.7. The second-order valence-electron chi connectivity index (χ2n) is 5.57. The number of rotatable bonds is 6. The van der Waals surface area contributed by atoms with E-state index in [1.54, 1.807) is 42.5 Å². The summed E-state index contributed by atoms with van der Waals surface area (Å²) in [4.78, 5) is 31.9. The molecule has 8 nitrogen and oxygen atoms in total. The molecule has 0 saturated carbocycles. The first kappa shape index (κ1) is 20.0. The van der Waals surface area contributed by atoms with Gasteiger partial charge in [0.1, 0.15) is 5.69 Å². The number of hydrogen-bond acceptors (Lipinski definition) is 7. The Morgan fingerprint density at radius 2 is 1.97 bits per heavy atom. The molecule has 0 saturated heterocycles. The third kappa shape index (κ3) is 5.14. The molecule has 9 heteroatoms. The Hall–Kier alpha value is -3.78. The highest BCUT2D eigenvalue weighted by molar-refractivity contribution is 6.33. The van der Waals surface area contributed by atoms with Crippen LogP contribution in [0.5, 0.6) is 11.5 Å². The first-order valence-electron chi connectivity index (χ1n) is 8.32. The molecule has 0 bridgehead atoms. The summed E-state index contributed by atoms with van der Waals surface area (Å²) in [6.07, 6.45) is 5.62. The highest BCUT2D eigenvalue weighted by Gasteiger charge is 2.15. The molecule has 0 aliphatic carbocycles. The van der Waals surface area contributed by atoms with Crippen LogP contribution < -0.4 is 14.9 Å². The van der Waals surface area contributed by atoms with Crippen LogP contribution in [-0.4, -0.2) is 35.2 Å². The molecule has 0 aliphatic rings. The van der Waals surface area contributed by atoms with Crippen molar-refractivity contribution in [1.82, 2.24) is 15.4 Å². The Balaban J connectivity index is 1.69. The third-order valence-electron chi connectivity index (χ3n) is 3.66. The molecule has 0 unspecified atom stereocenters. The van der Waals surface area contributed by atoms with Gasteiger partial charge in [0.15, 0.2) is 11.5 Å². The Bertz CT molecular complexity index is 1060. The van der Waals surface area contributed by atoms with Crippen LogP contribution in [0.3, 0.4) is 0 Å². The van der Waals surface area contributed by atoms with Crippen molar-refractivity contribution < 1.29 is 19.1 Å². The van der Waals surface area contributed by atoms with Gasteiger partial charge >= 0.3 is 5.97 Å². The molecule has 3 aromatic rings. The van der Waals surface area contributed by atoms with Crippen molar-refractivity contribution in [3.05, 3.63) is 82.9 Å². The Labute approximate surface area is 171 Å². The van der Waals surface area contributed by atoms with E-state index in [0.29, 0.717) is 16.3 Å². The van der Waals surface area contributed by atoms with Gasteiger partial charge in [-0.25, -0.2) is 15.2 Å². The molecule has 0 spiro atoms. The molecule has 1 N–H and O–H groups in total. The molecule has 0 aliphatic heterocycles. The number of amides is 1. The van der Waals surface area contributed by atoms with E-state index < -0.39 is 11.9 Å². The minimum atomic E-state index is -0.605. The number of esters is 1. The van der Waals surface area contributed by atoms with Crippen molar-refractivity contribution in [3.63, 3.8) is 0 Å². The first-order chi connectivity index (χ1) is 14.1. The number of aromatic nitrogens is 2. The predicted octanol–water partition coefficient (Wildman–Crippen LogP) is 3.12. The summed E-state index contributed by atoms with van der Waals surface area (Å²) in [6.45, 7) is 0. The van der Waals surface area contributed by atoms with Gasteiger partial charge in [0.25, 0.3) is 5.91 Å². The van der Waals surface area contributed by atoms with Crippen LogP contribution in [-0.2, 0) is 0 Å². The predicted molar refractivity (Wildman–Crippen MR) is 106 cm³/mol. The standard InChI is InChI=1S/C20H15ClN4O4/c1-28-18-10-13(11-24-25-19(26)16-12-22-8-9-23-16)6-7-17(18)29-20(27)14-4-2-3-5-15(14)21/h2-12H,1H3,(H,25,26)/b24-11-. The van der Waals surface area contributed by atoms with E-state index in [9.17, 15) is 9.59 Å². The number of nitrogens with one attached hydrogen (secondary N) is 1. The van der Waals surface area contributed by atoms with Gasteiger partial charge in [0.2, 0.25) is 0 Å². The molecule has 29 heavy (non-hydrogen) atoms. The topological polar surface area (TPSA) is 103 Å². The fraction of sp³-hybridized carbons (Fsp3) is 0.0500. The molecule has 2 aromatic carbocycles. The van der Waals surface area contributed by atoms with Gasteiger partial charge in [-0.2, -0.15) is 5.10 Å². The van der Waals surface area contributed by atoms with Crippen molar-refractivity contribution in [2.24, 2.45) is 5.10 Å². The average Bonchev–Trinajstić information content (AvgIpc) is 2.75. The summed E-state index contributed by atoms with van der Waals surface area (Å²) in [5.41, 5.74) is 3.34. The Morgan fingerprint density at radius 3 is 2.69 bits per heavy atom. The van der Waals surface area contributed by atoms with E-state index in [0.717, 1.165) is 0 Å². The lowest BCUT2D eigenvalue weighted by Crippen LogP contribution is -2.19. The number of hydrogen-bond donors (Lipinski definition) is 1. The molecular formula is C20H15ClN4O4. The van der Waals surface area contributed by atoms with E-state index in [1.165, 1.54) is 31.9 Å². The maximum absolute atomic E-state index is 12.3. The number of nitrogens with zero attached hydrogens (tertiary/aromatic N) is 3. The summed E-state index contributed by atoms with van der Waals surface area (Å²) in [7, 11) is 1.44. The number of carbonyl (C=O) groups excluding carboxylic acids is 2. The van der Waals surface area contributed by atoms with Crippen LogP contribution in [0.15, 0.2) is 66.2 Å². The molecular weight excluding hydrogens is 396 g/mol. The SMILES string of the molecule is COc1cc(/C=N\NC(=O)c2cnccn2)ccc1OC(=O)c1ccccc1Cl. The van der Waals surface area contributed by atoms with Crippen molar-refractivity contribution in [2.45, 2.75) is 0 Å². The number of benzene rings is 2. The fourth-order valence-corrected chi connectivity index (χ4v) is 2.48. The maximum Gasteiger partial charge on any atom is 0.345 e. The zero-order valence-electron chi connectivity index (χ0n) is 15.2. The molecule has 0 fully saturated rings. The quantitative estimate of drug-likeness (QED) is 0.290. The van der Waals surface area contributed by atoms with Crippen molar-refractivity contribution in [1.29, 1.82) is 0 Å². The van der Waals surface area contributed by atoms with Gasteiger partial charge < -0.3 is 9.47 Å². The second kappa shape index (κ2) is 9.43. The number of carbonyl (C=O) groups is 2. The summed E-state index contributed by atoms with van der Waals surface area (Å²) in [5.74, 6) is -0.564. The maximum atomic E-state index is 12.3. The van der Waals surface area contributed by atoms with Gasteiger partial charge in [-0.1, -0.05) is 23.7 Å². The third-order valence-corrected chi connectivity index (χ3v) is 3.99. The smallest absolute Gasteiger partial charge is 0.345 e. The van der Waals surface area contributed by atoms with Crippen LogP contribution in [0.4, 0.5) is 0 Å². The summed E-state index contributed by atoms with van der Waals surface area (Å²) in [5, 5.41) is 4.16. The molecule has 3 rings (SSSR count). The van der Waals surface area contributed by atoms with Crippen LogP contribution in [0.2, 0.25) is 5.02 Å². The summed E-state index contributed by atoms with van der Waals surface area (Å²) in [6, 6.07) is 11.4. The minimum absolute atomic E-state index is 0.143. The molecule has 1 aromatic heterocycles. The molecule has 0 radical (unpaired) electrons. The number of ether oxygens (including phenoxy) is 2. The normalized spacial score (nSPS) is 10.6. The van der Waals surface area contributed by atoms with Crippen molar-refractivity contribution in [3.8, 4) is 11.5 Å². The lowest BCUT2D eigenvalue weighted by Gasteiger charge is -2.10. The summed E-state index contributed by atoms with van der Waals surface area (Å²) >= 11 is 6.02. The van der Waals surface area contributed by atoms with Gasteiger partial charge in [-0.15, -0.1) is 0 Å². The van der Waals surface area contributed by atoms with Gasteiger partial charge in [0.05, 0.1) is 30.1 Å². The number of halogens is 1. The molecule has 0 atom stereocenters. The van der Waals surface area contributed by atoms with Crippen molar-refractivity contribution in [2.75, 3.05) is 7.11 Å². The van der Waals surface area contributed by atoms with Crippen LogP contribution in [0, 0.1) is 0 Å². The molecule has 1 heterocycles. The number of hydrazone groups is 1. The largest absolute Gasteiger partial charge is 0.493 e. The highest BCUT2D eigenvalue weighted by atomic mass is 35.5. The zero-order chi connectivity index (χ0) is 20.6. The Morgan fingerprint density at radius 1 is 1.14 bits per heavy atom. The lowest BCUT2D eigenvalue weighted by atomic mass is 10.2. The van der Waals surface area contributed by atoms with Crippen LogP contribution >= 0.6 is 11.6 Å². The van der Waals surface area contributed by atoms with Gasteiger partial charge in [-0.05, 0) is 35.9 Å².